The predicted molar refractivity (Wildman–Crippen MR) is 72.1 cm³/mol. The lowest BCUT2D eigenvalue weighted by atomic mass is 10.2. The molecule has 1 aromatic carbocycles. The van der Waals surface area contributed by atoms with Crippen molar-refractivity contribution in [2.24, 2.45) is 0 Å². The Labute approximate surface area is 117 Å². The Bertz CT molecular complexity index is 883. The van der Waals surface area contributed by atoms with Gasteiger partial charge in [-0.1, -0.05) is 11.6 Å². The van der Waals surface area contributed by atoms with Crippen molar-refractivity contribution >= 4 is 34.1 Å². The lowest BCUT2D eigenvalue weighted by Crippen LogP contribution is -2.12. The Kier molecular flexibility index (Phi) is 2.90. The molecule has 102 valence electrons. The number of nitrogens with one attached hydrogen (secondary N) is 1. The molecule has 2 heterocycles. The second-order valence-electron chi connectivity index (χ2n) is 4.02. The number of aromatic nitrogens is 4. The summed E-state index contributed by atoms with van der Waals surface area (Å²) in [6.07, 6.45) is 0. The van der Waals surface area contributed by atoms with Crippen LogP contribution in [0.25, 0.3) is 16.6 Å². The number of ether oxygens (including phenoxy) is 1. The van der Waals surface area contributed by atoms with Crippen molar-refractivity contribution in [3.05, 3.63) is 39.3 Å². The van der Waals surface area contributed by atoms with E-state index in [-0.39, 0.29) is 17.9 Å². The Balaban J connectivity index is 2.36. The van der Waals surface area contributed by atoms with E-state index >= 15 is 0 Å². The number of esters is 1. The second kappa shape index (κ2) is 4.61. The van der Waals surface area contributed by atoms with E-state index < -0.39 is 11.5 Å². The third-order valence-electron chi connectivity index (χ3n) is 2.79. The van der Waals surface area contributed by atoms with Crippen LogP contribution in [0.3, 0.4) is 0 Å². The van der Waals surface area contributed by atoms with Gasteiger partial charge in [-0.25, -0.2) is 14.5 Å². The lowest BCUT2D eigenvalue weighted by molar-refractivity contribution is 0.0521. The number of carbonyl (C=O) groups excluding carboxylic acids is 1. The normalized spacial score (nSPS) is 11.1. The van der Waals surface area contributed by atoms with Crippen LogP contribution >= 0.6 is 11.6 Å². The average molecular weight is 293 g/mol. The molecule has 20 heavy (non-hydrogen) atoms. The summed E-state index contributed by atoms with van der Waals surface area (Å²) in [5.74, 6) is -0.633. The molecule has 0 atom stereocenters. The molecule has 2 aromatic heterocycles. The van der Waals surface area contributed by atoms with Gasteiger partial charge < -0.3 is 4.74 Å². The van der Waals surface area contributed by atoms with Crippen LogP contribution in [0.15, 0.2) is 23.0 Å². The zero-order chi connectivity index (χ0) is 14.3. The van der Waals surface area contributed by atoms with E-state index in [4.69, 9.17) is 16.3 Å². The Morgan fingerprint density at radius 3 is 3.05 bits per heavy atom. The van der Waals surface area contributed by atoms with Gasteiger partial charge in [-0.15, -0.1) is 5.10 Å². The lowest BCUT2D eigenvalue weighted by Gasteiger charge is -2.01. The van der Waals surface area contributed by atoms with Crippen molar-refractivity contribution in [1.29, 1.82) is 0 Å². The van der Waals surface area contributed by atoms with Crippen molar-refractivity contribution < 1.29 is 9.53 Å². The van der Waals surface area contributed by atoms with Crippen LogP contribution in [0.5, 0.6) is 0 Å². The van der Waals surface area contributed by atoms with Gasteiger partial charge in [-0.2, -0.15) is 4.98 Å². The van der Waals surface area contributed by atoms with Gasteiger partial charge in [-0.3, -0.25) is 4.79 Å². The molecule has 8 heteroatoms. The van der Waals surface area contributed by atoms with Crippen LogP contribution in [-0.2, 0) is 4.74 Å². The van der Waals surface area contributed by atoms with Gasteiger partial charge in [0.1, 0.15) is 0 Å². The SMILES string of the molecule is CCOC(=O)c1n[nH]n2c1nc(=O)c1cc(Cl)ccc12. The predicted octanol–water partition coefficient (Wildman–Crippen LogP) is 1.40. The number of fused-ring (bicyclic) bond motifs is 3. The maximum absolute atomic E-state index is 12.0. The molecule has 0 aliphatic carbocycles. The summed E-state index contributed by atoms with van der Waals surface area (Å²) in [4.78, 5) is 27.6. The van der Waals surface area contributed by atoms with Crippen molar-refractivity contribution in [1.82, 2.24) is 19.8 Å². The van der Waals surface area contributed by atoms with Crippen LogP contribution < -0.4 is 5.56 Å². The third kappa shape index (κ3) is 1.83. The number of nitrogens with zero attached hydrogens (tertiary/aromatic N) is 3. The van der Waals surface area contributed by atoms with Gasteiger partial charge >= 0.3 is 5.97 Å². The van der Waals surface area contributed by atoms with E-state index in [1.165, 1.54) is 10.6 Å². The van der Waals surface area contributed by atoms with Crippen molar-refractivity contribution in [2.75, 3.05) is 6.61 Å². The quantitative estimate of drug-likeness (QED) is 0.721. The first-order chi connectivity index (χ1) is 9.61. The average Bonchev–Trinajstić information content (AvgIpc) is 2.83. The summed E-state index contributed by atoms with van der Waals surface area (Å²) in [7, 11) is 0. The maximum Gasteiger partial charge on any atom is 0.362 e. The van der Waals surface area contributed by atoms with Gasteiger partial charge in [-0.05, 0) is 25.1 Å². The second-order valence-corrected chi connectivity index (χ2v) is 4.45. The van der Waals surface area contributed by atoms with E-state index in [0.29, 0.717) is 15.9 Å². The molecular weight excluding hydrogens is 284 g/mol. The summed E-state index contributed by atoms with van der Waals surface area (Å²) >= 11 is 5.86. The number of benzene rings is 1. The van der Waals surface area contributed by atoms with E-state index in [1.54, 1.807) is 19.1 Å². The van der Waals surface area contributed by atoms with E-state index in [0.717, 1.165) is 0 Å². The van der Waals surface area contributed by atoms with Crippen LogP contribution in [0, 0.1) is 0 Å². The number of rotatable bonds is 2. The number of halogens is 1. The summed E-state index contributed by atoms with van der Waals surface area (Å²) in [5, 5.41) is 7.27. The first-order valence-electron chi connectivity index (χ1n) is 5.85. The molecule has 0 unspecified atom stereocenters. The molecule has 0 saturated carbocycles. The minimum absolute atomic E-state index is 0.0270. The van der Waals surface area contributed by atoms with Crippen LogP contribution in [0.1, 0.15) is 17.4 Å². The number of aromatic amines is 1. The number of H-pyrrole nitrogens is 1. The van der Waals surface area contributed by atoms with Crippen LogP contribution in [0.2, 0.25) is 5.02 Å². The zero-order valence-corrected chi connectivity index (χ0v) is 11.1. The topological polar surface area (TPSA) is 89.3 Å². The molecule has 0 aliphatic heterocycles. The Morgan fingerprint density at radius 2 is 2.30 bits per heavy atom. The monoisotopic (exact) mass is 292 g/mol. The van der Waals surface area contributed by atoms with Gasteiger partial charge in [0.15, 0.2) is 5.65 Å². The fraction of sp³-hybridized carbons (Fsp3) is 0.167. The van der Waals surface area contributed by atoms with E-state index in [9.17, 15) is 9.59 Å². The molecule has 0 aliphatic rings. The Hall–Kier alpha value is -2.41. The largest absolute Gasteiger partial charge is 0.461 e. The van der Waals surface area contributed by atoms with Gasteiger partial charge in [0.25, 0.3) is 5.56 Å². The van der Waals surface area contributed by atoms with Gasteiger partial charge in [0, 0.05) is 5.02 Å². The molecule has 0 saturated heterocycles. The summed E-state index contributed by atoms with van der Waals surface area (Å²) in [6.45, 7) is 1.90. The maximum atomic E-state index is 12.0. The summed E-state index contributed by atoms with van der Waals surface area (Å²) in [6, 6.07) is 4.81. The highest BCUT2D eigenvalue weighted by atomic mass is 35.5. The minimum Gasteiger partial charge on any atom is -0.461 e. The molecule has 1 N–H and O–H groups in total. The molecule has 3 rings (SSSR count). The standard InChI is InChI=1S/C12H9ClN4O3/c1-2-20-12(19)9-10-14-11(18)7-5-6(13)3-4-8(7)17(10)16-15-9/h3-5,16H,2H2,1H3. The van der Waals surface area contributed by atoms with E-state index in [2.05, 4.69) is 15.3 Å². The molecule has 0 spiro atoms. The van der Waals surface area contributed by atoms with Crippen LogP contribution in [0.4, 0.5) is 0 Å². The minimum atomic E-state index is -0.633. The molecule has 0 bridgehead atoms. The van der Waals surface area contributed by atoms with Crippen molar-refractivity contribution in [3.63, 3.8) is 0 Å². The fourth-order valence-electron chi connectivity index (χ4n) is 1.94. The number of hydrogen-bond acceptors (Lipinski definition) is 5. The number of hydrogen-bond donors (Lipinski definition) is 1. The molecule has 0 amide bonds. The highest BCUT2D eigenvalue weighted by Gasteiger charge is 2.19. The third-order valence-corrected chi connectivity index (χ3v) is 3.03. The first-order valence-corrected chi connectivity index (χ1v) is 6.23. The Morgan fingerprint density at radius 1 is 1.50 bits per heavy atom. The smallest absolute Gasteiger partial charge is 0.362 e. The summed E-state index contributed by atoms with van der Waals surface area (Å²) < 4.78 is 6.31. The summed E-state index contributed by atoms with van der Waals surface area (Å²) in [5.41, 5.74) is 0.158. The van der Waals surface area contributed by atoms with Crippen molar-refractivity contribution in [2.45, 2.75) is 6.92 Å². The fourth-order valence-corrected chi connectivity index (χ4v) is 2.11. The highest BCUT2D eigenvalue weighted by molar-refractivity contribution is 6.31. The number of carbonyl (C=O) groups is 1. The van der Waals surface area contributed by atoms with Gasteiger partial charge in [0.2, 0.25) is 5.69 Å². The van der Waals surface area contributed by atoms with Crippen molar-refractivity contribution in [3.8, 4) is 0 Å². The zero-order valence-electron chi connectivity index (χ0n) is 10.4. The molecule has 0 fully saturated rings. The van der Waals surface area contributed by atoms with Crippen LogP contribution in [-0.4, -0.2) is 32.4 Å². The van der Waals surface area contributed by atoms with E-state index in [1.807, 2.05) is 0 Å². The molecular formula is C12H9ClN4O3. The molecule has 7 nitrogen and oxygen atoms in total. The van der Waals surface area contributed by atoms with Gasteiger partial charge in [0.05, 0.1) is 17.5 Å². The highest BCUT2D eigenvalue weighted by Crippen LogP contribution is 2.17. The molecule has 3 aromatic rings. The molecule has 0 radical (unpaired) electrons. The first kappa shape index (κ1) is 12.6.